The molecule has 1 aliphatic carbocycles. The third kappa shape index (κ3) is 2.97. The van der Waals surface area contributed by atoms with Crippen molar-refractivity contribution in [3.8, 4) is 5.69 Å². The van der Waals surface area contributed by atoms with Crippen LogP contribution in [0, 0.1) is 6.92 Å². The Bertz CT molecular complexity index is 1130. The lowest BCUT2D eigenvalue weighted by Gasteiger charge is -2.15. The minimum atomic E-state index is -0.310. The normalized spacial score (nSPS) is 19.0. The maximum Gasteiger partial charge on any atom is 0.319 e. The number of hydrogen-bond donors (Lipinski definition) is 0. The number of ether oxygens (including phenoxy) is 1. The fourth-order valence-corrected chi connectivity index (χ4v) is 6.28. The van der Waals surface area contributed by atoms with E-state index in [0.29, 0.717) is 18.2 Å². The third-order valence-electron chi connectivity index (χ3n) is 5.39. The second-order valence-corrected chi connectivity index (χ2v) is 9.58. The van der Waals surface area contributed by atoms with Crippen LogP contribution in [0.15, 0.2) is 34.2 Å². The molecule has 3 heterocycles. The summed E-state index contributed by atoms with van der Waals surface area (Å²) < 4.78 is 6.79. The van der Waals surface area contributed by atoms with Crippen molar-refractivity contribution in [2.75, 3.05) is 6.61 Å². The first kappa shape index (κ1) is 17.9. The average molecular weight is 413 g/mol. The number of benzene rings is 1. The molecule has 1 aliphatic heterocycles. The Morgan fingerprint density at radius 3 is 2.71 bits per heavy atom. The van der Waals surface area contributed by atoms with Gasteiger partial charge in [0.05, 0.1) is 17.7 Å². The Morgan fingerprint density at radius 1 is 1.18 bits per heavy atom. The predicted molar refractivity (Wildman–Crippen MR) is 112 cm³/mol. The largest absolute Gasteiger partial charge is 0.465 e. The number of nitrogens with zero attached hydrogens (tertiary/aromatic N) is 2. The Kier molecular flexibility index (Phi) is 4.51. The van der Waals surface area contributed by atoms with E-state index in [4.69, 9.17) is 9.72 Å². The Balaban J connectivity index is 1.73. The van der Waals surface area contributed by atoms with E-state index in [2.05, 4.69) is 0 Å². The van der Waals surface area contributed by atoms with Gasteiger partial charge in [-0.3, -0.25) is 14.2 Å². The van der Waals surface area contributed by atoms with Gasteiger partial charge in [-0.05, 0) is 50.3 Å². The maximum absolute atomic E-state index is 13.6. The molecule has 0 bridgehead atoms. The summed E-state index contributed by atoms with van der Waals surface area (Å²) in [5, 5.41) is 1.03. The van der Waals surface area contributed by atoms with Crippen molar-refractivity contribution in [2.24, 2.45) is 0 Å². The highest BCUT2D eigenvalue weighted by molar-refractivity contribution is 8.00. The van der Waals surface area contributed by atoms with Crippen LogP contribution in [0.2, 0.25) is 0 Å². The van der Waals surface area contributed by atoms with Crippen molar-refractivity contribution in [2.45, 2.75) is 49.4 Å². The average Bonchev–Trinajstić information content (AvgIpc) is 3.26. The second-order valence-electron chi connectivity index (χ2n) is 7.32. The fraction of sp³-hybridized carbons (Fsp3) is 0.381. The van der Waals surface area contributed by atoms with Crippen LogP contribution in [-0.2, 0) is 22.4 Å². The van der Waals surface area contributed by atoms with Crippen LogP contribution in [-0.4, -0.2) is 27.4 Å². The van der Waals surface area contributed by atoms with Gasteiger partial charge >= 0.3 is 5.97 Å². The highest BCUT2D eigenvalue weighted by Crippen LogP contribution is 2.36. The smallest absolute Gasteiger partial charge is 0.319 e. The molecule has 0 amide bonds. The maximum atomic E-state index is 13.6. The molecule has 7 heteroatoms. The van der Waals surface area contributed by atoms with Gasteiger partial charge in [0, 0.05) is 11.3 Å². The van der Waals surface area contributed by atoms with Gasteiger partial charge in [0.1, 0.15) is 10.1 Å². The lowest BCUT2D eigenvalue weighted by Crippen LogP contribution is -2.23. The van der Waals surface area contributed by atoms with Crippen molar-refractivity contribution < 1.29 is 9.53 Å². The molecule has 0 unspecified atom stereocenters. The van der Waals surface area contributed by atoms with Crippen molar-refractivity contribution in [3.05, 3.63) is 50.6 Å². The summed E-state index contributed by atoms with van der Waals surface area (Å²) in [5.41, 5.74) is 3.07. The zero-order chi connectivity index (χ0) is 19.3. The molecule has 1 saturated heterocycles. The van der Waals surface area contributed by atoms with Gasteiger partial charge in [-0.1, -0.05) is 29.5 Å². The van der Waals surface area contributed by atoms with E-state index in [1.165, 1.54) is 28.6 Å². The molecule has 0 spiro atoms. The SMILES string of the molecule is Cc1ccc(-n2c(S[C@@H]3CCOC3=O)nc3sc4c(c3c2=O)CCCC4)cc1. The monoisotopic (exact) mass is 412 g/mol. The van der Waals surface area contributed by atoms with Gasteiger partial charge in [-0.2, -0.15) is 0 Å². The van der Waals surface area contributed by atoms with Crippen LogP contribution in [0.1, 0.15) is 35.3 Å². The number of thioether (sulfide) groups is 1. The summed E-state index contributed by atoms with van der Waals surface area (Å²) in [6, 6.07) is 7.88. The first-order valence-corrected chi connectivity index (χ1v) is 11.3. The molecule has 2 aliphatic rings. The Morgan fingerprint density at radius 2 is 1.96 bits per heavy atom. The van der Waals surface area contributed by atoms with Crippen molar-refractivity contribution >= 4 is 39.3 Å². The number of carbonyl (C=O) groups excluding carboxylic acids is 1. The second kappa shape index (κ2) is 7.04. The van der Waals surface area contributed by atoms with Crippen LogP contribution in [0.4, 0.5) is 0 Å². The molecule has 3 aromatic rings. The molecule has 144 valence electrons. The van der Waals surface area contributed by atoms with Crippen LogP contribution in [0.5, 0.6) is 0 Å². The van der Waals surface area contributed by atoms with E-state index in [-0.39, 0.29) is 16.8 Å². The topological polar surface area (TPSA) is 61.2 Å². The standard InChI is InChI=1S/C21H20N2O3S2/c1-12-6-8-13(9-7-12)23-19(24)17-14-4-2-3-5-15(14)27-18(17)22-21(23)28-16-10-11-26-20(16)25/h6-9,16H,2-5,10-11H2,1H3/t16-/m1/s1. The molecule has 0 N–H and O–H groups in total. The van der Waals surface area contributed by atoms with Crippen molar-refractivity contribution in [1.29, 1.82) is 0 Å². The number of thiophene rings is 1. The number of aryl methyl sites for hydroxylation is 3. The van der Waals surface area contributed by atoms with E-state index in [0.717, 1.165) is 40.7 Å². The third-order valence-corrected chi connectivity index (χ3v) is 7.77. The molecule has 28 heavy (non-hydrogen) atoms. The van der Waals surface area contributed by atoms with Gasteiger partial charge in [-0.25, -0.2) is 4.98 Å². The lowest BCUT2D eigenvalue weighted by molar-refractivity contribution is -0.137. The molecule has 5 nitrogen and oxygen atoms in total. The van der Waals surface area contributed by atoms with Crippen molar-refractivity contribution in [3.63, 3.8) is 0 Å². The van der Waals surface area contributed by atoms with Crippen LogP contribution < -0.4 is 5.56 Å². The number of hydrogen-bond acceptors (Lipinski definition) is 6. The summed E-state index contributed by atoms with van der Waals surface area (Å²) in [6.07, 6.45) is 4.90. The highest BCUT2D eigenvalue weighted by Gasteiger charge is 2.31. The van der Waals surface area contributed by atoms with Crippen molar-refractivity contribution in [1.82, 2.24) is 9.55 Å². The molecule has 0 saturated carbocycles. The highest BCUT2D eigenvalue weighted by atomic mass is 32.2. The Hall–Kier alpha value is -2.12. The van der Waals surface area contributed by atoms with Gasteiger partial charge in [0.25, 0.3) is 5.56 Å². The number of aromatic nitrogens is 2. The zero-order valence-corrected chi connectivity index (χ0v) is 17.2. The first-order chi connectivity index (χ1) is 13.6. The molecule has 1 aromatic carbocycles. The Labute approximate surface area is 170 Å². The van der Waals surface area contributed by atoms with Gasteiger partial charge < -0.3 is 4.74 Å². The molecular formula is C21H20N2O3S2. The van der Waals surface area contributed by atoms with E-state index in [1.807, 2.05) is 31.2 Å². The zero-order valence-electron chi connectivity index (χ0n) is 15.6. The summed E-state index contributed by atoms with van der Waals surface area (Å²) in [7, 11) is 0. The van der Waals surface area contributed by atoms with Gasteiger partial charge in [0.2, 0.25) is 0 Å². The van der Waals surface area contributed by atoms with Gasteiger partial charge in [-0.15, -0.1) is 11.3 Å². The quantitative estimate of drug-likeness (QED) is 0.480. The van der Waals surface area contributed by atoms with Crippen LogP contribution >= 0.6 is 23.1 Å². The van der Waals surface area contributed by atoms with Crippen LogP contribution in [0.25, 0.3) is 15.9 Å². The summed E-state index contributed by atoms with van der Waals surface area (Å²) in [4.78, 5) is 32.6. The van der Waals surface area contributed by atoms with E-state index >= 15 is 0 Å². The van der Waals surface area contributed by atoms with E-state index in [1.54, 1.807) is 15.9 Å². The fourth-order valence-electron chi connectivity index (χ4n) is 3.90. The number of esters is 1. The first-order valence-electron chi connectivity index (χ1n) is 9.59. The molecule has 2 aromatic heterocycles. The molecule has 0 radical (unpaired) electrons. The minimum Gasteiger partial charge on any atom is -0.465 e. The lowest BCUT2D eigenvalue weighted by atomic mass is 9.97. The van der Waals surface area contributed by atoms with E-state index in [9.17, 15) is 9.59 Å². The van der Waals surface area contributed by atoms with E-state index < -0.39 is 0 Å². The molecule has 1 fully saturated rings. The predicted octanol–water partition coefficient (Wildman–Crippen LogP) is 4.04. The van der Waals surface area contributed by atoms with Crippen LogP contribution in [0.3, 0.4) is 0 Å². The number of rotatable bonds is 3. The summed E-state index contributed by atoms with van der Waals surface area (Å²) in [5.74, 6) is -0.222. The van der Waals surface area contributed by atoms with Gasteiger partial charge in [0.15, 0.2) is 5.16 Å². The molecule has 5 rings (SSSR count). The summed E-state index contributed by atoms with van der Waals surface area (Å²) >= 11 is 2.98. The number of cyclic esters (lactones) is 1. The number of carbonyl (C=O) groups is 1. The number of fused-ring (bicyclic) bond motifs is 3. The molecule has 1 atom stereocenters. The minimum absolute atomic E-state index is 0.0258. The molecular weight excluding hydrogens is 392 g/mol. The summed E-state index contributed by atoms with van der Waals surface area (Å²) in [6.45, 7) is 2.45.